The van der Waals surface area contributed by atoms with Crippen molar-refractivity contribution < 1.29 is 9.13 Å². The van der Waals surface area contributed by atoms with Crippen LogP contribution in [-0.4, -0.2) is 29.2 Å². The van der Waals surface area contributed by atoms with E-state index in [1.54, 1.807) is 6.07 Å². The Kier molecular flexibility index (Phi) is 3.06. The Hall–Kier alpha value is -1.75. The van der Waals surface area contributed by atoms with Crippen LogP contribution in [0.15, 0.2) is 24.5 Å². The Bertz CT molecular complexity index is 555. The smallest absolute Gasteiger partial charge is 0.149 e. The quantitative estimate of drug-likeness (QED) is 0.904. The zero-order valence-electron chi connectivity index (χ0n) is 9.90. The van der Waals surface area contributed by atoms with Gasteiger partial charge in [0.2, 0.25) is 0 Å². The third-order valence-corrected chi connectivity index (χ3v) is 3.14. The van der Waals surface area contributed by atoms with Gasteiger partial charge >= 0.3 is 0 Å². The minimum atomic E-state index is -0.324. The van der Waals surface area contributed by atoms with Crippen molar-refractivity contribution in [3.8, 4) is 0 Å². The first-order valence-corrected chi connectivity index (χ1v) is 6.09. The molecule has 0 unspecified atom stereocenters. The van der Waals surface area contributed by atoms with Crippen molar-refractivity contribution in [2.75, 3.05) is 18.5 Å². The van der Waals surface area contributed by atoms with E-state index in [0.29, 0.717) is 23.3 Å². The first-order chi connectivity index (χ1) is 8.84. The van der Waals surface area contributed by atoms with Crippen LogP contribution in [0.1, 0.15) is 12.8 Å². The lowest BCUT2D eigenvalue weighted by atomic mass is 10.2. The molecule has 2 aromatic rings. The summed E-state index contributed by atoms with van der Waals surface area (Å²) in [4.78, 5) is 8.13. The number of nitrogens with one attached hydrogen (secondary N) is 1. The lowest BCUT2D eigenvalue weighted by Crippen LogP contribution is -2.19. The normalized spacial score (nSPS) is 19.3. The van der Waals surface area contributed by atoms with Crippen molar-refractivity contribution >= 4 is 16.7 Å². The van der Waals surface area contributed by atoms with Crippen LogP contribution in [0.25, 0.3) is 10.9 Å². The molecule has 1 saturated heterocycles. The van der Waals surface area contributed by atoms with Crippen LogP contribution >= 0.6 is 0 Å². The largest absolute Gasteiger partial charge is 0.376 e. The maximum atomic E-state index is 13.6. The van der Waals surface area contributed by atoms with Crippen molar-refractivity contribution in [1.82, 2.24) is 9.97 Å². The van der Waals surface area contributed by atoms with Gasteiger partial charge in [0.25, 0.3) is 0 Å². The highest BCUT2D eigenvalue weighted by atomic mass is 19.1. The molecule has 1 aliphatic rings. The number of rotatable bonds is 3. The minimum Gasteiger partial charge on any atom is -0.376 e. The van der Waals surface area contributed by atoms with E-state index in [2.05, 4.69) is 15.3 Å². The van der Waals surface area contributed by atoms with Crippen molar-refractivity contribution in [2.24, 2.45) is 0 Å². The Labute approximate surface area is 104 Å². The number of halogens is 1. The third kappa shape index (κ3) is 2.13. The summed E-state index contributed by atoms with van der Waals surface area (Å²) < 4.78 is 19.1. The molecule has 3 rings (SSSR count). The van der Waals surface area contributed by atoms with Crippen LogP contribution < -0.4 is 5.32 Å². The minimum absolute atomic E-state index is 0.226. The molecule has 0 saturated carbocycles. The Balaban J connectivity index is 1.85. The fourth-order valence-corrected chi connectivity index (χ4v) is 2.21. The Morgan fingerprint density at radius 2 is 2.33 bits per heavy atom. The van der Waals surface area contributed by atoms with E-state index >= 15 is 0 Å². The molecule has 5 heteroatoms. The van der Waals surface area contributed by atoms with Gasteiger partial charge < -0.3 is 10.1 Å². The maximum Gasteiger partial charge on any atom is 0.149 e. The van der Waals surface area contributed by atoms with Crippen LogP contribution in [0, 0.1) is 5.82 Å². The van der Waals surface area contributed by atoms with Crippen LogP contribution in [0.3, 0.4) is 0 Å². The zero-order valence-corrected chi connectivity index (χ0v) is 9.90. The molecule has 0 aliphatic carbocycles. The lowest BCUT2D eigenvalue weighted by Gasteiger charge is -2.12. The Morgan fingerprint density at radius 3 is 3.17 bits per heavy atom. The van der Waals surface area contributed by atoms with Gasteiger partial charge in [-0.15, -0.1) is 0 Å². The second-order valence-corrected chi connectivity index (χ2v) is 4.37. The average Bonchev–Trinajstić information content (AvgIpc) is 2.90. The van der Waals surface area contributed by atoms with Gasteiger partial charge in [0.05, 0.1) is 6.10 Å². The molecule has 1 aromatic carbocycles. The predicted octanol–water partition coefficient (Wildman–Crippen LogP) is 2.36. The van der Waals surface area contributed by atoms with E-state index in [1.165, 1.54) is 12.4 Å². The molecule has 1 aromatic heterocycles. The first kappa shape index (κ1) is 11.3. The monoisotopic (exact) mass is 247 g/mol. The van der Waals surface area contributed by atoms with E-state index in [-0.39, 0.29) is 11.9 Å². The molecule has 1 fully saturated rings. The summed E-state index contributed by atoms with van der Waals surface area (Å²) in [5, 5.41) is 3.92. The van der Waals surface area contributed by atoms with E-state index in [0.717, 1.165) is 19.4 Å². The van der Waals surface area contributed by atoms with E-state index < -0.39 is 0 Å². The molecule has 1 atom stereocenters. The van der Waals surface area contributed by atoms with Gasteiger partial charge in [0.15, 0.2) is 0 Å². The fourth-order valence-electron chi connectivity index (χ4n) is 2.21. The summed E-state index contributed by atoms with van der Waals surface area (Å²) in [7, 11) is 0. The number of aromatic nitrogens is 2. The molecule has 18 heavy (non-hydrogen) atoms. The average molecular weight is 247 g/mol. The van der Waals surface area contributed by atoms with Crippen LogP contribution in [0.2, 0.25) is 0 Å². The topological polar surface area (TPSA) is 47.0 Å². The summed E-state index contributed by atoms with van der Waals surface area (Å²) in [6.07, 6.45) is 3.77. The van der Waals surface area contributed by atoms with Crippen LogP contribution in [0.5, 0.6) is 0 Å². The number of para-hydroxylation sites is 1. The second kappa shape index (κ2) is 4.86. The summed E-state index contributed by atoms with van der Waals surface area (Å²) in [5.74, 6) is 0.338. The fraction of sp³-hybridized carbons (Fsp3) is 0.385. The highest BCUT2D eigenvalue weighted by molar-refractivity contribution is 5.89. The molecule has 0 spiro atoms. The van der Waals surface area contributed by atoms with Gasteiger partial charge in [0.1, 0.15) is 23.5 Å². The molecule has 1 N–H and O–H groups in total. The lowest BCUT2D eigenvalue weighted by molar-refractivity contribution is 0.120. The second-order valence-electron chi connectivity index (χ2n) is 4.37. The number of benzene rings is 1. The molecular formula is C13H14FN3O. The number of hydrogen-bond donors (Lipinski definition) is 1. The number of hydrogen-bond acceptors (Lipinski definition) is 4. The molecule has 0 radical (unpaired) electrons. The molecule has 4 nitrogen and oxygen atoms in total. The molecule has 0 amide bonds. The van der Waals surface area contributed by atoms with Crippen molar-refractivity contribution in [2.45, 2.75) is 18.9 Å². The zero-order chi connectivity index (χ0) is 12.4. The van der Waals surface area contributed by atoms with Gasteiger partial charge in [-0.05, 0) is 25.0 Å². The predicted molar refractivity (Wildman–Crippen MR) is 67.0 cm³/mol. The Morgan fingerprint density at radius 1 is 1.39 bits per heavy atom. The highest BCUT2D eigenvalue weighted by Gasteiger charge is 2.16. The van der Waals surface area contributed by atoms with Crippen molar-refractivity contribution in [3.63, 3.8) is 0 Å². The summed E-state index contributed by atoms with van der Waals surface area (Å²) >= 11 is 0. The molecule has 1 aliphatic heterocycles. The maximum absolute atomic E-state index is 13.6. The van der Waals surface area contributed by atoms with Gasteiger partial charge in [-0.1, -0.05) is 6.07 Å². The van der Waals surface area contributed by atoms with Gasteiger partial charge in [-0.3, -0.25) is 0 Å². The highest BCUT2D eigenvalue weighted by Crippen LogP contribution is 2.21. The number of fused-ring (bicyclic) bond motifs is 1. The van der Waals surface area contributed by atoms with E-state index in [4.69, 9.17) is 4.74 Å². The van der Waals surface area contributed by atoms with Crippen LogP contribution in [-0.2, 0) is 4.74 Å². The van der Waals surface area contributed by atoms with Gasteiger partial charge in [-0.2, -0.15) is 0 Å². The van der Waals surface area contributed by atoms with Crippen molar-refractivity contribution in [3.05, 3.63) is 30.3 Å². The van der Waals surface area contributed by atoms with Gasteiger partial charge in [0, 0.05) is 18.5 Å². The summed E-state index contributed by atoms with van der Waals surface area (Å²) in [6, 6.07) is 4.88. The number of anilines is 1. The van der Waals surface area contributed by atoms with Crippen molar-refractivity contribution in [1.29, 1.82) is 0 Å². The summed E-state index contributed by atoms with van der Waals surface area (Å²) in [5.41, 5.74) is 0.349. The van der Waals surface area contributed by atoms with Gasteiger partial charge in [-0.25, -0.2) is 14.4 Å². The SMILES string of the molecule is Fc1cccc2c(NC[C@@H]3CCCO3)ncnc12. The molecular weight excluding hydrogens is 233 g/mol. The first-order valence-electron chi connectivity index (χ1n) is 6.09. The van der Waals surface area contributed by atoms with Crippen LogP contribution in [0.4, 0.5) is 10.2 Å². The summed E-state index contributed by atoms with van der Waals surface area (Å²) in [6.45, 7) is 1.52. The molecule has 94 valence electrons. The number of nitrogens with zero attached hydrogens (tertiary/aromatic N) is 2. The standard InChI is InChI=1S/C13H14FN3O/c14-11-5-1-4-10-12(11)16-8-17-13(10)15-7-9-3-2-6-18-9/h1,4-5,8-9H,2-3,6-7H2,(H,15,16,17)/t9-/m0/s1. The van der Waals surface area contributed by atoms with E-state index in [9.17, 15) is 4.39 Å². The third-order valence-electron chi connectivity index (χ3n) is 3.14. The molecule has 2 heterocycles. The number of ether oxygens (including phenoxy) is 1. The molecule has 0 bridgehead atoms. The van der Waals surface area contributed by atoms with E-state index in [1.807, 2.05) is 6.07 Å².